The lowest BCUT2D eigenvalue weighted by molar-refractivity contribution is -0.137. The van der Waals surface area contributed by atoms with E-state index < -0.39 is 11.4 Å². The molecule has 0 spiro atoms. The Balaban J connectivity index is 2.46. The van der Waals surface area contributed by atoms with Gasteiger partial charge >= 0.3 is 5.97 Å². The van der Waals surface area contributed by atoms with Crippen LogP contribution in [0.5, 0.6) is 5.75 Å². The van der Waals surface area contributed by atoms with Crippen LogP contribution in [0.1, 0.15) is 26.3 Å². The second-order valence-electron chi connectivity index (χ2n) is 5.22. The Labute approximate surface area is 107 Å². The molecule has 1 amide bonds. The average molecular weight is 249 g/mol. The summed E-state index contributed by atoms with van der Waals surface area (Å²) in [4.78, 5) is 23.1. The lowest BCUT2D eigenvalue weighted by Gasteiger charge is -2.17. The van der Waals surface area contributed by atoms with Gasteiger partial charge in [0.05, 0.1) is 0 Å². The summed E-state index contributed by atoms with van der Waals surface area (Å²) >= 11 is 0. The normalized spacial score (nSPS) is 10.9. The Morgan fingerprint density at radius 3 is 2.50 bits per heavy atom. The van der Waals surface area contributed by atoms with Gasteiger partial charge in [0.2, 0.25) is 5.91 Å². The first-order valence-corrected chi connectivity index (χ1v) is 5.84. The number of amides is 1. The van der Waals surface area contributed by atoms with Crippen molar-refractivity contribution in [2.45, 2.75) is 27.7 Å². The Morgan fingerprint density at radius 1 is 1.28 bits per heavy atom. The molecule has 1 aromatic rings. The van der Waals surface area contributed by atoms with Crippen molar-refractivity contribution < 1.29 is 14.3 Å². The van der Waals surface area contributed by atoms with Gasteiger partial charge in [0.15, 0.2) is 0 Å². The third-order valence-electron chi connectivity index (χ3n) is 2.30. The van der Waals surface area contributed by atoms with E-state index in [0.717, 1.165) is 5.56 Å². The van der Waals surface area contributed by atoms with Crippen LogP contribution in [0.4, 0.5) is 0 Å². The van der Waals surface area contributed by atoms with Crippen molar-refractivity contribution in [2.75, 3.05) is 6.54 Å². The van der Waals surface area contributed by atoms with Crippen LogP contribution < -0.4 is 10.1 Å². The van der Waals surface area contributed by atoms with Gasteiger partial charge in [-0.15, -0.1) is 0 Å². The number of carbonyl (C=O) groups excluding carboxylic acids is 2. The minimum Gasteiger partial charge on any atom is -0.425 e. The maximum absolute atomic E-state index is 11.6. The molecule has 0 fully saturated rings. The number of benzene rings is 1. The third kappa shape index (κ3) is 4.57. The van der Waals surface area contributed by atoms with E-state index in [4.69, 9.17) is 4.74 Å². The summed E-state index contributed by atoms with van der Waals surface area (Å²) in [5.74, 6) is -0.160. The number of aryl methyl sites for hydroxylation is 1. The molecule has 0 aliphatic carbocycles. The topological polar surface area (TPSA) is 55.4 Å². The molecule has 1 N–H and O–H groups in total. The van der Waals surface area contributed by atoms with Gasteiger partial charge in [-0.25, -0.2) is 4.79 Å². The van der Waals surface area contributed by atoms with Crippen LogP contribution in [0, 0.1) is 12.3 Å². The average Bonchev–Trinajstić information content (AvgIpc) is 2.24. The molecule has 0 saturated carbocycles. The first-order chi connectivity index (χ1) is 8.29. The lowest BCUT2D eigenvalue weighted by atomic mass is 9.96. The number of carbonyl (C=O) groups is 2. The van der Waals surface area contributed by atoms with Crippen LogP contribution >= 0.6 is 0 Å². The van der Waals surface area contributed by atoms with Gasteiger partial charge < -0.3 is 10.1 Å². The van der Waals surface area contributed by atoms with E-state index in [-0.39, 0.29) is 12.5 Å². The smallest absolute Gasteiger partial charge is 0.330 e. The van der Waals surface area contributed by atoms with Crippen molar-refractivity contribution in [2.24, 2.45) is 5.41 Å². The molecule has 0 saturated heterocycles. The molecule has 0 unspecified atom stereocenters. The number of esters is 1. The van der Waals surface area contributed by atoms with E-state index in [0.29, 0.717) is 5.75 Å². The minimum absolute atomic E-state index is 0.121. The molecule has 0 aliphatic rings. The molecule has 4 nitrogen and oxygen atoms in total. The van der Waals surface area contributed by atoms with E-state index in [2.05, 4.69) is 5.32 Å². The van der Waals surface area contributed by atoms with E-state index in [1.807, 2.05) is 19.1 Å². The van der Waals surface area contributed by atoms with E-state index >= 15 is 0 Å². The second-order valence-corrected chi connectivity index (χ2v) is 5.22. The van der Waals surface area contributed by atoms with Crippen LogP contribution in [-0.2, 0) is 9.59 Å². The van der Waals surface area contributed by atoms with Gasteiger partial charge in [0.1, 0.15) is 12.3 Å². The fourth-order valence-corrected chi connectivity index (χ4v) is 1.26. The highest BCUT2D eigenvalue weighted by molar-refractivity contribution is 5.85. The van der Waals surface area contributed by atoms with Crippen molar-refractivity contribution in [1.29, 1.82) is 0 Å². The van der Waals surface area contributed by atoms with Crippen LogP contribution in [0.3, 0.4) is 0 Å². The minimum atomic E-state index is -0.510. The molecule has 1 aromatic carbocycles. The quantitative estimate of drug-likeness (QED) is 0.659. The highest BCUT2D eigenvalue weighted by Gasteiger charge is 2.21. The largest absolute Gasteiger partial charge is 0.425 e. The van der Waals surface area contributed by atoms with Crippen LogP contribution in [0.15, 0.2) is 24.3 Å². The van der Waals surface area contributed by atoms with Crippen molar-refractivity contribution in [3.8, 4) is 5.75 Å². The molecule has 0 aliphatic heterocycles. The number of nitrogens with one attached hydrogen (secondary N) is 1. The predicted octanol–water partition coefficient (Wildman–Crippen LogP) is 2.06. The monoisotopic (exact) mass is 249 g/mol. The zero-order valence-corrected chi connectivity index (χ0v) is 11.2. The number of ether oxygens (including phenoxy) is 1. The molecular formula is C14H19NO3. The van der Waals surface area contributed by atoms with Crippen LogP contribution in [-0.4, -0.2) is 18.4 Å². The van der Waals surface area contributed by atoms with Gasteiger partial charge in [0.25, 0.3) is 0 Å². The van der Waals surface area contributed by atoms with Gasteiger partial charge in [-0.1, -0.05) is 32.9 Å². The highest BCUT2D eigenvalue weighted by Crippen LogP contribution is 2.13. The van der Waals surface area contributed by atoms with Gasteiger partial charge in [-0.3, -0.25) is 4.79 Å². The summed E-state index contributed by atoms with van der Waals surface area (Å²) in [6, 6.07) is 7.20. The fraction of sp³-hybridized carbons (Fsp3) is 0.429. The molecule has 0 radical (unpaired) electrons. The summed E-state index contributed by atoms with van der Waals surface area (Å²) in [6.07, 6.45) is 0. The molecule has 1 rings (SSSR count). The summed E-state index contributed by atoms with van der Waals surface area (Å²) < 4.78 is 5.10. The van der Waals surface area contributed by atoms with Crippen LogP contribution in [0.2, 0.25) is 0 Å². The maximum Gasteiger partial charge on any atom is 0.330 e. The standard InChI is InChI=1S/C14H19NO3/c1-10-6-5-7-11(8-10)18-12(16)9-15-13(17)14(2,3)4/h5-8H,9H2,1-4H3,(H,15,17). The van der Waals surface area contributed by atoms with Gasteiger partial charge in [-0.05, 0) is 24.6 Å². The number of hydrogen-bond donors (Lipinski definition) is 1. The molecule has 18 heavy (non-hydrogen) atoms. The summed E-state index contributed by atoms with van der Waals surface area (Å²) in [7, 11) is 0. The van der Waals surface area contributed by atoms with E-state index in [9.17, 15) is 9.59 Å². The van der Waals surface area contributed by atoms with Crippen LogP contribution in [0.25, 0.3) is 0 Å². The lowest BCUT2D eigenvalue weighted by Crippen LogP contribution is -2.39. The zero-order chi connectivity index (χ0) is 13.8. The summed E-state index contributed by atoms with van der Waals surface area (Å²) in [5, 5.41) is 2.54. The van der Waals surface area contributed by atoms with Crippen molar-refractivity contribution in [3.05, 3.63) is 29.8 Å². The first-order valence-electron chi connectivity index (χ1n) is 5.84. The molecular weight excluding hydrogens is 230 g/mol. The van der Waals surface area contributed by atoms with E-state index in [1.165, 1.54) is 0 Å². The zero-order valence-electron chi connectivity index (χ0n) is 11.2. The van der Waals surface area contributed by atoms with Gasteiger partial charge in [0, 0.05) is 5.41 Å². The Hall–Kier alpha value is -1.84. The molecule has 0 bridgehead atoms. The molecule has 4 heteroatoms. The first kappa shape index (κ1) is 14.2. The van der Waals surface area contributed by atoms with Crippen molar-refractivity contribution >= 4 is 11.9 Å². The third-order valence-corrected chi connectivity index (χ3v) is 2.30. The summed E-state index contributed by atoms with van der Waals surface area (Å²) in [6.45, 7) is 7.15. The summed E-state index contributed by atoms with van der Waals surface area (Å²) in [5.41, 5.74) is 0.503. The molecule has 98 valence electrons. The number of rotatable bonds is 3. The SMILES string of the molecule is Cc1cccc(OC(=O)CNC(=O)C(C)(C)C)c1. The van der Waals surface area contributed by atoms with Crippen molar-refractivity contribution in [1.82, 2.24) is 5.32 Å². The second kappa shape index (κ2) is 5.67. The Bertz CT molecular complexity index is 447. The number of hydrogen-bond acceptors (Lipinski definition) is 3. The molecule has 0 heterocycles. The fourth-order valence-electron chi connectivity index (χ4n) is 1.26. The van der Waals surface area contributed by atoms with Gasteiger partial charge in [-0.2, -0.15) is 0 Å². The Kier molecular flexibility index (Phi) is 4.48. The highest BCUT2D eigenvalue weighted by atomic mass is 16.5. The predicted molar refractivity (Wildman–Crippen MR) is 69.3 cm³/mol. The molecule has 0 aromatic heterocycles. The Morgan fingerprint density at radius 2 is 1.94 bits per heavy atom. The van der Waals surface area contributed by atoms with Crippen molar-refractivity contribution in [3.63, 3.8) is 0 Å². The van der Waals surface area contributed by atoms with E-state index in [1.54, 1.807) is 32.9 Å². The molecule has 0 atom stereocenters. The maximum atomic E-state index is 11.6.